The van der Waals surface area contributed by atoms with Gasteiger partial charge in [0.1, 0.15) is 5.75 Å². The van der Waals surface area contributed by atoms with E-state index in [0.717, 1.165) is 34.6 Å². The number of carbonyl (C=O) groups is 1. The van der Waals surface area contributed by atoms with Crippen molar-refractivity contribution in [3.05, 3.63) is 101 Å². The van der Waals surface area contributed by atoms with Crippen molar-refractivity contribution < 1.29 is 9.53 Å². The Balaban J connectivity index is 1.61. The van der Waals surface area contributed by atoms with Gasteiger partial charge in [0.25, 0.3) is 0 Å². The number of benzene rings is 3. The molecule has 0 saturated carbocycles. The summed E-state index contributed by atoms with van der Waals surface area (Å²) in [6, 6.07) is 26.1. The molecule has 1 unspecified atom stereocenters. The van der Waals surface area contributed by atoms with Gasteiger partial charge in [0.15, 0.2) is 0 Å². The molecule has 0 N–H and O–H groups in total. The van der Waals surface area contributed by atoms with Crippen molar-refractivity contribution in [1.82, 2.24) is 5.01 Å². The molecule has 1 atom stereocenters. The minimum atomic E-state index is -0.117. The zero-order chi connectivity index (χ0) is 20.9. The third kappa shape index (κ3) is 4.28. The Hall–Kier alpha value is -3.40. The fourth-order valence-corrected chi connectivity index (χ4v) is 3.78. The Labute approximate surface area is 177 Å². The van der Waals surface area contributed by atoms with Crippen LogP contribution in [-0.4, -0.2) is 23.7 Å². The average molecular weight is 399 g/mol. The van der Waals surface area contributed by atoms with E-state index in [0.29, 0.717) is 12.8 Å². The maximum Gasteiger partial charge on any atom is 0.247 e. The van der Waals surface area contributed by atoms with E-state index in [1.807, 2.05) is 66.7 Å². The minimum Gasteiger partial charge on any atom is -0.497 e. The van der Waals surface area contributed by atoms with Crippen LogP contribution in [0.4, 0.5) is 0 Å². The molecular weight excluding hydrogens is 372 g/mol. The lowest BCUT2D eigenvalue weighted by Gasteiger charge is -2.22. The standard InChI is InChI=1S/C26H26N2O2/c1-3-19-9-11-20(12-10-19)17-26(29)28-25(22-13-15-23(30-2)16-14-22)18-24(27-28)21-7-5-4-6-8-21/h4-16,25H,3,17-18H2,1-2H3. The Morgan fingerprint density at radius 1 is 0.967 bits per heavy atom. The summed E-state index contributed by atoms with van der Waals surface area (Å²) in [5, 5.41) is 6.42. The lowest BCUT2D eigenvalue weighted by atomic mass is 9.98. The number of nitrogens with zero attached hydrogens (tertiary/aromatic N) is 2. The van der Waals surface area contributed by atoms with Crippen LogP contribution in [0.2, 0.25) is 0 Å². The Bertz CT molecular complexity index is 1020. The summed E-state index contributed by atoms with van der Waals surface area (Å²) in [5.41, 5.74) is 5.33. The highest BCUT2D eigenvalue weighted by atomic mass is 16.5. The van der Waals surface area contributed by atoms with Gasteiger partial charge in [0.05, 0.1) is 25.3 Å². The predicted octanol–water partition coefficient (Wildman–Crippen LogP) is 5.18. The first kappa shape index (κ1) is 19.9. The third-order valence-electron chi connectivity index (χ3n) is 5.56. The van der Waals surface area contributed by atoms with Gasteiger partial charge in [-0.05, 0) is 40.8 Å². The first-order valence-electron chi connectivity index (χ1n) is 10.3. The number of ether oxygens (including phenoxy) is 1. The lowest BCUT2D eigenvalue weighted by molar-refractivity contribution is -0.132. The molecule has 30 heavy (non-hydrogen) atoms. The predicted molar refractivity (Wildman–Crippen MR) is 120 cm³/mol. The van der Waals surface area contributed by atoms with Gasteiger partial charge < -0.3 is 4.74 Å². The molecule has 0 bridgehead atoms. The van der Waals surface area contributed by atoms with Crippen LogP contribution in [0.15, 0.2) is 84.0 Å². The van der Waals surface area contributed by atoms with E-state index in [1.165, 1.54) is 5.56 Å². The van der Waals surface area contributed by atoms with Gasteiger partial charge in [-0.15, -0.1) is 0 Å². The van der Waals surface area contributed by atoms with E-state index in [-0.39, 0.29) is 11.9 Å². The number of aryl methyl sites for hydroxylation is 1. The number of amides is 1. The van der Waals surface area contributed by atoms with Crippen molar-refractivity contribution in [3.8, 4) is 5.75 Å². The molecule has 1 heterocycles. The summed E-state index contributed by atoms with van der Waals surface area (Å²) < 4.78 is 5.29. The second kappa shape index (κ2) is 8.95. The summed E-state index contributed by atoms with van der Waals surface area (Å²) in [5.74, 6) is 0.806. The second-order valence-corrected chi connectivity index (χ2v) is 7.49. The molecule has 0 aliphatic carbocycles. The summed E-state index contributed by atoms with van der Waals surface area (Å²) in [7, 11) is 1.65. The van der Waals surface area contributed by atoms with Crippen LogP contribution < -0.4 is 4.74 Å². The Morgan fingerprint density at radius 2 is 1.63 bits per heavy atom. The topological polar surface area (TPSA) is 41.9 Å². The molecule has 152 valence electrons. The van der Waals surface area contributed by atoms with Crippen molar-refractivity contribution in [2.24, 2.45) is 5.10 Å². The molecule has 0 saturated heterocycles. The first-order chi connectivity index (χ1) is 14.7. The maximum atomic E-state index is 13.2. The molecule has 4 rings (SSSR count). The molecular formula is C26H26N2O2. The van der Waals surface area contributed by atoms with Gasteiger partial charge >= 0.3 is 0 Å². The maximum absolute atomic E-state index is 13.2. The highest BCUT2D eigenvalue weighted by molar-refractivity contribution is 6.03. The second-order valence-electron chi connectivity index (χ2n) is 7.49. The molecule has 4 nitrogen and oxygen atoms in total. The molecule has 0 spiro atoms. The molecule has 1 aliphatic heterocycles. The number of hydrazone groups is 1. The van der Waals surface area contributed by atoms with Crippen LogP contribution in [0.1, 0.15) is 41.6 Å². The number of carbonyl (C=O) groups excluding carboxylic acids is 1. The molecule has 1 aliphatic rings. The number of methoxy groups -OCH3 is 1. The number of rotatable bonds is 6. The van der Waals surface area contributed by atoms with Gasteiger partial charge in [0, 0.05) is 6.42 Å². The van der Waals surface area contributed by atoms with E-state index in [4.69, 9.17) is 9.84 Å². The molecule has 0 aromatic heterocycles. The molecule has 0 radical (unpaired) electrons. The number of hydrogen-bond donors (Lipinski definition) is 0. The van der Waals surface area contributed by atoms with Crippen molar-refractivity contribution in [1.29, 1.82) is 0 Å². The molecule has 3 aromatic carbocycles. The Morgan fingerprint density at radius 3 is 2.27 bits per heavy atom. The zero-order valence-electron chi connectivity index (χ0n) is 17.4. The van der Waals surface area contributed by atoms with Crippen LogP contribution in [0.25, 0.3) is 0 Å². The van der Waals surface area contributed by atoms with E-state index < -0.39 is 0 Å². The number of hydrogen-bond acceptors (Lipinski definition) is 3. The van der Waals surface area contributed by atoms with Crippen molar-refractivity contribution in [2.75, 3.05) is 7.11 Å². The van der Waals surface area contributed by atoms with E-state index in [9.17, 15) is 4.79 Å². The van der Waals surface area contributed by atoms with Crippen LogP contribution in [0.5, 0.6) is 5.75 Å². The average Bonchev–Trinajstić information content (AvgIpc) is 3.26. The van der Waals surface area contributed by atoms with Crippen LogP contribution in [0, 0.1) is 0 Å². The molecule has 0 fully saturated rings. The molecule has 4 heteroatoms. The van der Waals surface area contributed by atoms with Gasteiger partial charge in [-0.2, -0.15) is 5.10 Å². The minimum absolute atomic E-state index is 0.00555. The van der Waals surface area contributed by atoms with Crippen molar-refractivity contribution >= 4 is 11.6 Å². The monoisotopic (exact) mass is 398 g/mol. The van der Waals surface area contributed by atoms with Crippen LogP contribution >= 0.6 is 0 Å². The third-order valence-corrected chi connectivity index (χ3v) is 5.56. The van der Waals surface area contributed by atoms with E-state index >= 15 is 0 Å². The fraction of sp³-hybridized carbons (Fsp3) is 0.231. The summed E-state index contributed by atoms with van der Waals surface area (Å²) in [4.78, 5) is 13.2. The first-order valence-corrected chi connectivity index (χ1v) is 10.3. The fourth-order valence-electron chi connectivity index (χ4n) is 3.78. The molecule has 3 aromatic rings. The van der Waals surface area contributed by atoms with Crippen LogP contribution in [-0.2, 0) is 17.6 Å². The normalized spacial score (nSPS) is 15.7. The molecule has 1 amide bonds. The van der Waals surface area contributed by atoms with Gasteiger partial charge in [0.2, 0.25) is 5.91 Å². The smallest absolute Gasteiger partial charge is 0.247 e. The summed E-state index contributed by atoms with van der Waals surface area (Å²) in [6.45, 7) is 2.13. The Kier molecular flexibility index (Phi) is 5.94. The SMILES string of the molecule is CCc1ccc(CC(=O)N2N=C(c3ccccc3)CC2c2ccc(OC)cc2)cc1. The largest absolute Gasteiger partial charge is 0.497 e. The van der Waals surface area contributed by atoms with Gasteiger partial charge in [-0.25, -0.2) is 5.01 Å². The van der Waals surface area contributed by atoms with E-state index in [2.05, 4.69) is 19.1 Å². The van der Waals surface area contributed by atoms with Crippen LogP contribution in [0.3, 0.4) is 0 Å². The van der Waals surface area contributed by atoms with Crippen molar-refractivity contribution in [2.45, 2.75) is 32.2 Å². The highest BCUT2D eigenvalue weighted by Gasteiger charge is 2.33. The quantitative estimate of drug-likeness (QED) is 0.574. The highest BCUT2D eigenvalue weighted by Crippen LogP contribution is 2.34. The zero-order valence-corrected chi connectivity index (χ0v) is 17.4. The van der Waals surface area contributed by atoms with Crippen molar-refractivity contribution in [3.63, 3.8) is 0 Å². The lowest BCUT2D eigenvalue weighted by Crippen LogP contribution is -2.28. The van der Waals surface area contributed by atoms with Gasteiger partial charge in [-0.3, -0.25) is 4.79 Å². The summed E-state index contributed by atoms with van der Waals surface area (Å²) >= 11 is 0. The summed E-state index contributed by atoms with van der Waals surface area (Å²) in [6.07, 6.45) is 2.02. The van der Waals surface area contributed by atoms with E-state index in [1.54, 1.807) is 12.1 Å². The van der Waals surface area contributed by atoms with Gasteiger partial charge in [-0.1, -0.05) is 73.7 Å².